The summed E-state index contributed by atoms with van der Waals surface area (Å²) in [5.74, 6) is 1.72. The molecule has 0 aliphatic heterocycles. The molecule has 138 valence electrons. The van der Waals surface area contributed by atoms with Crippen molar-refractivity contribution in [1.29, 1.82) is 0 Å². The van der Waals surface area contributed by atoms with E-state index < -0.39 is 0 Å². The van der Waals surface area contributed by atoms with Gasteiger partial charge in [0.25, 0.3) is 0 Å². The van der Waals surface area contributed by atoms with Crippen molar-refractivity contribution in [1.82, 2.24) is 0 Å². The minimum atomic E-state index is -0.316. The van der Waals surface area contributed by atoms with E-state index in [1.807, 2.05) is 13.8 Å². The van der Waals surface area contributed by atoms with E-state index in [0.717, 1.165) is 0 Å². The number of ether oxygens (including phenoxy) is 3. The van der Waals surface area contributed by atoms with Crippen molar-refractivity contribution < 1.29 is 24.1 Å². The van der Waals surface area contributed by atoms with Gasteiger partial charge in [0, 0.05) is 24.5 Å². The second-order valence-electron chi connectivity index (χ2n) is 5.17. The summed E-state index contributed by atoms with van der Waals surface area (Å²) in [6.07, 6.45) is 2.97. The summed E-state index contributed by atoms with van der Waals surface area (Å²) in [5, 5.41) is 9.80. The first kappa shape index (κ1) is 21.1. The van der Waals surface area contributed by atoms with Gasteiger partial charge in [-0.3, -0.25) is 4.79 Å². The van der Waals surface area contributed by atoms with Crippen LogP contribution in [0.1, 0.15) is 39.2 Å². The van der Waals surface area contributed by atoms with E-state index in [1.54, 1.807) is 38.3 Å². The van der Waals surface area contributed by atoms with Gasteiger partial charge >= 0.3 is 5.97 Å². The van der Waals surface area contributed by atoms with Crippen molar-refractivity contribution in [3.8, 4) is 11.5 Å². The van der Waals surface area contributed by atoms with Gasteiger partial charge in [0.2, 0.25) is 0 Å². The summed E-state index contributed by atoms with van der Waals surface area (Å²) in [5.41, 5.74) is 0.707. The van der Waals surface area contributed by atoms with Gasteiger partial charge < -0.3 is 19.3 Å². The minimum Gasteiger partial charge on any atom is -0.511 e. The smallest absolute Gasteiger partial charge is 0.310 e. The van der Waals surface area contributed by atoms with E-state index in [2.05, 4.69) is 15.9 Å². The number of aliphatic hydroxyl groups is 1. The summed E-state index contributed by atoms with van der Waals surface area (Å²) < 4.78 is 16.8. The van der Waals surface area contributed by atoms with Gasteiger partial charge in [0.05, 0.1) is 24.6 Å². The van der Waals surface area contributed by atoms with Gasteiger partial charge in [-0.15, -0.1) is 0 Å². The van der Waals surface area contributed by atoms with Crippen LogP contribution in [0.15, 0.2) is 40.3 Å². The maximum Gasteiger partial charge on any atom is 0.310 e. The molecule has 0 saturated heterocycles. The van der Waals surface area contributed by atoms with Crippen LogP contribution in [0.3, 0.4) is 0 Å². The Hall–Kier alpha value is -1.95. The van der Waals surface area contributed by atoms with Gasteiger partial charge in [-0.2, -0.15) is 0 Å². The topological polar surface area (TPSA) is 65.0 Å². The quantitative estimate of drug-likeness (QED) is 0.349. The Morgan fingerprint density at radius 1 is 1.24 bits per heavy atom. The molecule has 0 aromatic heterocycles. The molecule has 0 spiro atoms. The van der Waals surface area contributed by atoms with Gasteiger partial charge in [0.15, 0.2) is 0 Å². The summed E-state index contributed by atoms with van der Waals surface area (Å²) >= 11 is 3.34. The van der Waals surface area contributed by atoms with Crippen molar-refractivity contribution >= 4 is 21.9 Å². The zero-order valence-electron chi connectivity index (χ0n) is 15.1. The van der Waals surface area contributed by atoms with Crippen molar-refractivity contribution in [3.05, 3.63) is 45.8 Å². The number of allylic oxidation sites excluding steroid dienone is 4. The first-order chi connectivity index (χ1) is 11.9. The number of methoxy groups -OCH3 is 1. The van der Waals surface area contributed by atoms with E-state index in [1.165, 1.54) is 0 Å². The Labute approximate surface area is 157 Å². The number of hydrogen-bond acceptors (Lipinski definition) is 5. The van der Waals surface area contributed by atoms with E-state index in [4.69, 9.17) is 14.2 Å². The summed E-state index contributed by atoms with van der Waals surface area (Å²) in [7, 11) is 1.57. The van der Waals surface area contributed by atoms with E-state index in [-0.39, 0.29) is 18.1 Å². The number of benzene rings is 1. The molecule has 0 aliphatic carbocycles. The fourth-order valence-electron chi connectivity index (χ4n) is 2.01. The van der Waals surface area contributed by atoms with E-state index >= 15 is 0 Å². The highest BCUT2D eigenvalue weighted by molar-refractivity contribution is 9.11. The lowest BCUT2D eigenvalue weighted by Gasteiger charge is -2.14. The maximum absolute atomic E-state index is 11.8. The van der Waals surface area contributed by atoms with E-state index in [0.29, 0.717) is 46.8 Å². The van der Waals surface area contributed by atoms with Crippen LogP contribution in [-0.4, -0.2) is 24.8 Å². The summed E-state index contributed by atoms with van der Waals surface area (Å²) in [6.45, 7) is 5.90. The molecule has 0 radical (unpaired) electrons. The average molecular weight is 413 g/mol. The van der Waals surface area contributed by atoms with Crippen LogP contribution in [0.4, 0.5) is 0 Å². The number of esters is 1. The SMILES string of the molecule is CCOC(=O)Cc1ccc(OC)cc1OC(=C/C(Br)=C(/O)CC)CC. The minimum absolute atomic E-state index is 0.112. The molecule has 0 saturated carbocycles. The average Bonchev–Trinajstić information content (AvgIpc) is 2.61. The Balaban J connectivity index is 3.15. The van der Waals surface area contributed by atoms with E-state index in [9.17, 15) is 9.90 Å². The highest BCUT2D eigenvalue weighted by atomic mass is 79.9. The third-order valence-electron chi connectivity index (χ3n) is 3.40. The molecule has 0 atom stereocenters. The Bertz CT molecular complexity index is 649. The number of carbonyl (C=O) groups excluding carboxylic acids is 1. The molecule has 1 N–H and O–H groups in total. The van der Waals surface area contributed by atoms with Crippen LogP contribution in [0.5, 0.6) is 11.5 Å². The second-order valence-corrected chi connectivity index (χ2v) is 6.02. The number of halogens is 1. The van der Waals surface area contributed by atoms with Crippen LogP contribution in [-0.2, 0) is 16.0 Å². The van der Waals surface area contributed by atoms with Crippen LogP contribution in [0.25, 0.3) is 0 Å². The molecular formula is C19H25BrO5. The molecule has 0 bridgehead atoms. The normalized spacial score (nSPS) is 12.4. The molecule has 0 heterocycles. The van der Waals surface area contributed by atoms with Gasteiger partial charge in [0.1, 0.15) is 23.0 Å². The van der Waals surface area contributed by atoms with Crippen LogP contribution < -0.4 is 9.47 Å². The zero-order chi connectivity index (χ0) is 18.8. The molecule has 0 fully saturated rings. The molecule has 6 heteroatoms. The van der Waals surface area contributed by atoms with Gasteiger partial charge in [-0.25, -0.2) is 0 Å². The Morgan fingerprint density at radius 3 is 2.52 bits per heavy atom. The Kier molecular flexibility index (Phi) is 9.13. The van der Waals surface area contributed by atoms with Crippen molar-refractivity contribution in [3.63, 3.8) is 0 Å². The molecule has 0 unspecified atom stereocenters. The Morgan fingerprint density at radius 2 is 1.96 bits per heavy atom. The molecular weight excluding hydrogens is 388 g/mol. The predicted molar refractivity (Wildman–Crippen MR) is 101 cm³/mol. The maximum atomic E-state index is 11.8. The molecule has 5 nitrogen and oxygen atoms in total. The second kappa shape index (κ2) is 10.8. The van der Waals surface area contributed by atoms with Crippen molar-refractivity contribution in [2.75, 3.05) is 13.7 Å². The third-order valence-corrected chi connectivity index (χ3v) is 4.09. The molecule has 1 aromatic carbocycles. The third kappa shape index (κ3) is 6.82. The number of rotatable bonds is 9. The molecule has 1 rings (SSSR count). The molecule has 25 heavy (non-hydrogen) atoms. The fraction of sp³-hybridized carbons (Fsp3) is 0.421. The zero-order valence-corrected chi connectivity index (χ0v) is 16.7. The molecule has 0 aliphatic rings. The number of hydrogen-bond donors (Lipinski definition) is 1. The van der Waals surface area contributed by atoms with Crippen molar-refractivity contribution in [2.24, 2.45) is 0 Å². The lowest BCUT2D eigenvalue weighted by atomic mass is 10.1. The standard InChI is InChI=1S/C19H25BrO5/c1-5-14(11-16(20)17(21)6-2)25-18-12-15(23-4)9-8-13(18)10-19(22)24-7-3/h8-9,11-12,21H,5-7,10H2,1-4H3/b14-11?,17-16-. The highest BCUT2D eigenvalue weighted by Crippen LogP contribution is 2.29. The van der Waals surface area contributed by atoms with Crippen molar-refractivity contribution in [2.45, 2.75) is 40.0 Å². The van der Waals surface area contributed by atoms with Crippen LogP contribution in [0, 0.1) is 0 Å². The fourth-order valence-corrected chi connectivity index (χ4v) is 2.54. The van der Waals surface area contributed by atoms with Gasteiger partial charge in [-0.05, 0) is 35.0 Å². The number of aliphatic hydroxyl groups excluding tert-OH is 1. The van der Waals surface area contributed by atoms with Crippen LogP contribution in [0.2, 0.25) is 0 Å². The molecule has 0 amide bonds. The van der Waals surface area contributed by atoms with Crippen LogP contribution >= 0.6 is 15.9 Å². The number of carbonyl (C=O) groups is 1. The first-order valence-electron chi connectivity index (χ1n) is 8.23. The lowest BCUT2D eigenvalue weighted by Crippen LogP contribution is -2.09. The highest BCUT2D eigenvalue weighted by Gasteiger charge is 2.13. The largest absolute Gasteiger partial charge is 0.511 e. The lowest BCUT2D eigenvalue weighted by molar-refractivity contribution is -0.142. The molecule has 1 aromatic rings. The monoisotopic (exact) mass is 412 g/mol. The first-order valence-corrected chi connectivity index (χ1v) is 9.02. The predicted octanol–water partition coefficient (Wildman–Crippen LogP) is 5.05. The van der Waals surface area contributed by atoms with Gasteiger partial charge in [-0.1, -0.05) is 19.9 Å². The summed E-state index contributed by atoms with van der Waals surface area (Å²) in [6, 6.07) is 5.29. The summed E-state index contributed by atoms with van der Waals surface area (Å²) in [4.78, 5) is 11.8.